The second-order valence-electron chi connectivity index (χ2n) is 20.6. The monoisotopic (exact) mass is 1310 g/mol. The van der Waals surface area contributed by atoms with E-state index in [-0.39, 0.29) is 67.0 Å². The summed E-state index contributed by atoms with van der Waals surface area (Å²) in [5, 5.41) is 75.7. The van der Waals surface area contributed by atoms with Crippen molar-refractivity contribution in [1.82, 2.24) is 68.2 Å². The molecular weight excluding hydrogens is 1240 g/mol. The lowest BCUT2D eigenvalue weighted by atomic mass is 10.1. The number of benzene rings is 2. The average molecular weight is 1310 g/mol. The van der Waals surface area contributed by atoms with Gasteiger partial charge in [-0.3, -0.25) is 0 Å². The van der Waals surface area contributed by atoms with Gasteiger partial charge in [-0.05, 0) is 110 Å². The number of rotatable bonds is 13. The average Bonchev–Trinajstić information content (AvgIpc) is 2.67. The Labute approximate surface area is 532 Å². The molecule has 3 aliphatic heterocycles. The fourth-order valence-corrected chi connectivity index (χ4v) is 10.9. The van der Waals surface area contributed by atoms with Crippen molar-refractivity contribution in [3.05, 3.63) is 131 Å². The molecular formula is C57H70Cl4N18O10. The number of hydrogen-bond donors (Lipinski definition) is 9. The highest BCUT2D eigenvalue weighted by Crippen LogP contribution is 2.39. The third-order valence-corrected chi connectivity index (χ3v) is 15.3. The van der Waals surface area contributed by atoms with Crippen molar-refractivity contribution in [2.45, 2.75) is 69.5 Å². The van der Waals surface area contributed by atoms with Gasteiger partial charge >= 0.3 is 0 Å². The summed E-state index contributed by atoms with van der Waals surface area (Å²) < 4.78 is 29.9. The molecule has 2 aromatic carbocycles. The first-order chi connectivity index (χ1) is 42.4. The molecule has 0 spiro atoms. The summed E-state index contributed by atoms with van der Waals surface area (Å²) in [4.78, 5) is 25.0. The Morgan fingerprint density at radius 1 is 0.618 bits per heavy atom. The molecule has 0 unspecified atom stereocenters. The van der Waals surface area contributed by atoms with Crippen molar-refractivity contribution in [3.63, 3.8) is 0 Å². The summed E-state index contributed by atoms with van der Waals surface area (Å²) in [6.07, 6.45) is 12.8. The van der Waals surface area contributed by atoms with E-state index in [9.17, 15) is 20.4 Å². The number of β-amino-alcohol motifs (C(OH)–C–C–N with tert-alkyl or cyclic N) is 3. The molecule has 476 valence electrons. The zero-order valence-electron chi connectivity index (χ0n) is 49.3. The maximum atomic E-state index is 10.1. The van der Waals surface area contributed by atoms with Crippen molar-refractivity contribution < 1.29 is 49.6 Å². The number of hydrogen-bond acceptors (Lipinski definition) is 23. The maximum absolute atomic E-state index is 10.1. The molecule has 13 rings (SSSR count). The molecule has 0 radical (unpaired) electrons. The third kappa shape index (κ3) is 15.9. The first kappa shape index (κ1) is 66.9. The zero-order chi connectivity index (χ0) is 62.8. The van der Waals surface area contributed by atoms with E-state index < -0.39 is 12.2 Å². The van der Waals surface area contributed by atoms with Crippen LogP contribution in [0.25, 0.3) is 27.9 Å². The van der Waals surface area contributed by atoms with Crippen LogP contribution in [0.3, 0.4) is 0 Å². The molecule has 0 bridgehead atoms. The quantitative estimate of drug-likeness (QED) is 0.0719. The normalized spacial score (nSPS) is 18.5. The van der Waals surface area contributed by atoms with Crippen molar-refractivity contribution in [2.24, 2.45) is 0 Å². The minimum Gasteiger partial charge on any atom is -0.496 e. The Morgan fingerprint density at radius 2 is 1.13 bits per heavy atom. The Morgan fingerprint density at radius 3 is 1.65 bits per heavy atom. The van der Waals surface area contributed by atoms with Crippen LogP contribution in [-0.4, -0.2) is 198 Å². The first-order valence-electron chi connectivity index (χ1n) is 27.7. The van der Waals surface area contributed by atoms with Crippen molar-refractivity contribution in [1.29, 1.82) is 0 Å². The molecule has 8 aromatic heterocycles. The van der Waals surface area contributed by atoms with Crippen LogP contribution in [0, 0.1) is 13.8 Å². The van der Waals surface area contributed by atoms with Crippen LogP contribution in [0.2, 0.25) is 15.7 Å². The summed E-state index contributed by atoms with van der Waals surface area (Å²) in [5.41, 5.74) is 12.0. The summed E-state index contributed by atoms with van der Waals surface area (Å²) in [7, 11) is 6.38. The summed E-state index contributed by atoms with van der Waals surface area (Å²) >= 11 is 17.2. The maximum Gasteiger partial charge on any atom is 0.248 e. The number of aryl methyl sites for hydroxylation is 1. The van der Waals surface area contributed by atoms with E-state index in [2.05, 4.69) is 51.9 Å². The van der Waals surface area contributed by atoms with E-state index in [1.807, 2.05) is 95.2 Å². The Balaban J connectivity index is 0.000000156. The molecule has 6 atom stereocenters. The van der Waals surface area contributed by atoms with E-state index in [1.165, 1.54) is 0 Å². The number of nitrogens with two attached hydrogens (primary N) is 1. The van der Waals surface area contributed by atoms with Gasteiger partial charge in [0.2, 0.25) is 22.3 Å². The molecule has 3 aliphatic rings. The van der Waals surface area contributed by atoms with E-state index in [0.717, 1.165) is 44.8 Å². The van der Waals surface area contributed by atoms with Gasteiger partial charge in [0.25, 0.3) is 0 Å². The topological polar surface area (TPSA) is 341 Å². The second-order valence-corrected chi connectivity index (χ2v) is 21.6. The first-order valence-corrected chi connectivity index (χ1v) is 28.8. The van der Waals surface area contributed by atoms with Gasteiger partial charge in [0.05, 0.1) is 102 Å². The number of halogens is 4. The lowest BCUT2D eigenvalue weighted by molar-refractivity contribution is 0.184. The van der Waals surface area contributed by atoms with Crippen LogP contribution in [0.1, 0.15) is 30.4 Å². The number of nitrogens with zero attached hydrogens (tertiary/aromatic N) is 15. The molecule has 28 nitrogen and oxygen atoms in total. The fraction of sp³-hybridized carbons (Fsp3) is 0.368. The van der Waals surface area contributed by atoms with E-state index >= 15 is 0 Å². The van der Waals surface area contributed by atoms with Crippen molar-refractivity contribution >= 4 is 93.0 Å². The number of nitrogens with one attached hydrogen (secondary N) is 2. The Bertz CT molecular complexity index is 3920. The number of aromatic nitrogens is 13. The van der Waals surface area contributed by atoms with Gasteiger partial charge in [-0.15, -0.1) is 27.7 Å². The SMILES string of the molecule is COc1cc(-n2cnc(N)c2)cc(OC)c1OC.COc1cc(-n2cnc(Nc3nc(N4C[C@H](O)C[C@H]4CO)c4cccn4n3)c2)cc(C)c1C.Cl.Clc1nc(Cl)c2cccn2n1.OC[C@@H]1C[C@@H](O)CN1.OC[C@@H]1C[C@@H](O)CN1c1nc(Cl)nn2cccc12. The van der Waals surface area contributed by atoms with Crippen LogP contribution < -0.4 is 45.1 Å². The minimum absolute atomic E-state index is 0. The summed E-state index contributed by atoms with van der Waals surface area (Å²) in [6.45, 7) is 5.62. The van der Waals surface area contributed by atoms with Gasteiger partial charge in [0.1, 0.15) is 40.8 Å². The number of methoxy groups -OCH3 is 4. The molecule has 10 N–H and O–H groups in total. The van der Waals surface area contributed by atoms with Gasteiger partial charge < -0.3 is 84.9 Å². The Kier molecular flexibility index (Phi) is 22.9. The van der Waals surface area contributed by atoms with Gasteiger partial charge in [-0.25, -0.2) is 28.5 Å². The molecule has 89 heavy (non-hydrogen) atoms. The molecule has 32 heteroatoms. The molecule has 3 saturated heterocycles. The summed E-state index contributed by atoms with van der Waals surface area (Å²) in [5.74, 6) is 5.26. The van der Waals surface area contributed by atoms with Gasteiger partial charge in [-0.2, -0.15) is 9.97 Å². The number of ether oxygens (including phenoxy) is 4. The zero-order valence-corrected chi connectivity index (χ0v) is 52.4. The number of aliphatic hydroxyl groups is 6. The fourth-order valence-electron chi connectivity index (χ4n) is 10.3. The standard InChI is InChI=1S/C23H27N7O3.C12H15N3O3.C11H13ClN4O2.C6H3Cl2N3.C5H11NO2.ClH/c1-14-7-16(9-20(33-3)15(14)2)28-11-21(24-13-28)25-23-26-22(19-5-4-6-30(19)27-23)29-10-18(32)8-17(29)12-31;1-16-9-4-8(15-6-11(13)14-7-15)5-10(17-2)12(9)18-3;12-11-13-10(9-2-1-3-16(9)14-11)15-5-8(18)4-7(15)6-17;7-5-4-2-1-3-11(4)10-6(8)9-5;7-3-4-1-5(8)2-6-4;/h4-7,9,11,13,17-18,31-32H,8,10,12H2,1-3H3,(H,25,27);4-7H,13H2,1-3H3;1-3,7-8,17-18H,4-6H2;1-3H;4-8H,1-3H2;1H/t17-,18+;;7-,8+;;4-,5+;/m0.0.0./s1. The van der Waals surface area contributed by atoms with Crippen molar-refractivity contribution in [3.8, 4) is 34.4 Å². The lowest BCUT2D eigenvalue weighted by Crippen LogP contribution is -2.33. The van der Waals surface area contributed by atoms with Gasteiger partial charge in [-0.1, -0.05) is 11.6 Å². The number of anilines is 5. The number of imidazole rings is 2. The van der Waals surface area contributed by atoms with Gasteiger partial charge in [0.15, 0.2) is 34.1 Å². The molecule has 0 saturated carbocycles. The second kappa shape index (κ2) is 30.5. The third-order valence-electron chi connectivity index (χ3n) is 14.7. The highest BCUT2D eigenvalue weighted by atomic mass is 35.5. The number of aliphatic hydroxyl groups excluding tert-OH is 6. The predicted octanol–water partition coefficient (Wildman–Crippen LogP) is 5.17. The van der Waals surface area contributed by atoms with Crippen LogP contribution in [0.15, 0.2) is 104 Å². The summed E-state index contributed by atoms with van der Waals surface area (Å²) in [6, 6.07) is 18.7. The number of nitrogen functional groups attached to an aromatic ring is 1. The van der Waals surface area contributed by atoms with Crippen LogP contribution in [0.4, 0.5) is 29.2 Å². The molecule has 0 amide bonds. The molecule has 10 aromatic rings. The number of fused-ring (bicyclic) bond motifs is 3. The lowest BCUT2D eigenvalue weighted by Gasteiger charge is -2.24. The van der Waals surface area contributed by atoms with Crippen LogP contribution in [-0.2, 0) is 0 Å². The highest BCUT2D eigenvalue weighted by Gasteiger charge is 2.34. The smallest absolute Gasteiger partial charge is 0.248 e. The van der Waals surface area contributed by atoms with E-state index in [4.69, 9.17) is 74.7 Å². The highest BCUT2D eigenvalue weighted by molar-refractivity contribution is 6.34. The van der Waals surface area contributed by atoms with E-state index in [0.29, 0.717) is 90.5 Å². The minimum atomic E-state index is -0.505. The Hall–Kier alpha value is -8.00. The largest absolute Gasteiger partial charge is 0.496 e. The molecule has 0 aliphatic carbocycles. The van der Waals surface area contributed by atoms with Crippen LogP contribution in [0.5, 0.6) is 23.0 Å². The van der Waals surface area contributed by atoms with Crippen LogP contribution >= 0.6 is 47.2 Å². The molecule has 3 fully saturated rings. The van der Waals surface area contributed by atoms with Crippen molar-refractivity contribution in [2.75, 3.05) is 88.7 Å². The predicted molar refractivity (Wildman–Crippen MR) is 339 cm³/mol. The van der Waals surface area contributed by atoms with Gasteiger partial charge in [0, 0.05) is 62.5 Å². The van der Waals surface area contributed by atoms with E-state index in [1.54, 1.807) is 77.8 Å². The molecule has 11 heterocycles.